The molecule has 0 saturated carbocycles. The van der Waals surface area contributed by atoms with Gasteiger partial charge in [0.15, 0.2) is 0 Å². The fourth-order valence-corrected chi connectivity index (χ4v) is 24.1. The van der Waals surface area contributed by atoms with E-state index in [1.807, 2.05) is 48.5 Å². The van der Waals surface area contributed by atoms with E-state index in [1.165, 1.54) is 78.2 Å². The van der Waals surface area contributed by atoms with Gasteiger partial charge < -0.3 is 30.1 Å². The van der Waals surface area contributed by atoms with Crippen LogP contribution < -0.4 is 42.4 Å². The predicted molar refractivity (Wildman–Crippen MR) is 395 cm³/mol. The summed E-state index contributed by atoms with van der Waals surface area (Å²) in [7, 11) is -3.13. The summed E-state index contributed by atoms with van der Waals surface area (Å²) in [5.41, 5.74) is 9.45. The van der Waals surface area contributed by atoms with Crippen molar-refractivity contribution < 1.29 is 93.9 Å². The van der Waals surface area contributed by atoms with Crippen molar-refractivity contribution in [3.8, 4) is 34.8 Å². The molecule has 0 radical (unpaired) electrons. The van der Waals surface area contributed by atoms with E-state index >= 15 is 0 Å². The fourth-order valence-electron chi connectivity index (χ4n) is 11.7. The minimum absolute atomic E-state index is 0. The molecule has 13 aromatic rings. The van der Waals surface area contributed by atoms with Crippen molar-refractivity contribution in [1.82, 2.24) is 0 Å². The molecule has 94 heavy (non-hydrogen) atoms. The van der Waals surface area contributed by atoms with E-state index in [1.54, 1.807) is 12.1 Å². The van der Waals surface area contributed by atoms with Gasteiger partial charge in [-0.2, -0.15) is 0 Å². The summed E-state index contributed by atoms with van der Waals surface area (Å²) in [6, 6.07) is 112. The maximum Gasteiger partial charge on any atom is 1.00 e. The van der Waals surface area contributed by atoms with E-state index in [4.69, 9.17) is 30.1 Å². The van der Waals surface area contributed by atoms with Gasteiger partial charge in [0.25, 0.3) is 0 Å². The molecule has 0 N–H and O–H groups in total. The molecule has 0 fully saturated rings. The number of rotatable bonds is 14. The van der Waals surface area contributed by atoms with Crippen molar-refractivity contribution >= 4 is 96.1 Å². The first-order valence-corrected chi connectivity index (χ1v) is 37.1. The number of hydrogen-bond acceptors (Lipinski definition) is 1. The van der Waals surface area contributed by atoms with Crippen molar-refractivity contribution in [3.05, 3.63) is 375 Å². The minimum atomic E-state index is -0.783. The molecule has 12 aromatic carbocycles. The van der Waals surface area contributed by atoms with Crippen LogP contribution in [0, 0.1) is 49.4 Å². The van der Waals surface area contributed by atoms with Gasteiger partial charge >= 0.3 is 89.5 Å². The van der Waals surface area contributed by atoms with E-state index in [0.717, 1.165) is 50.6 Å². The van der Waals surface area contributed by atoms with Crippen LogP contribution in [0.4, 0.5) is 0 Å². The molecule has 0 bridgehead atoms. The third-order valence-corrected chi connectivity index (χ3v) is 28.4. The third-order valence-electron chi connectivity index (χ3n) is 16.2. The molecular formula is C85H66Au4OP4+4. The Labute approximate surface area is 623 Å². The fraction of sp³-hybridized carbons (Fsp3) is 0.0588. The molecule has 1 aliphatic rings. The van der Waals surface area contributed by atoms with Crippen LogP contribution in [0.3, 0.4) is 0 Å². The first-order chi connectivity index (χ1) is 44.5. The van der Waals surface area contributed by atoms with Gasteiger partial charge in [-0.15, -0.1) is 70.8 Å². The summed E-state index contributed by atoms with van der Waals surface area (Å²) < 4.78 is 5.67. The van der Waals surface area contributed by atoms with E-state index in [2.05, 4.69) is 278 Å². The SMILES string of the molecule is [Au+].[Au+].[Au+].[Au+].[C-]#Cc1ccc2c(c1)-c1cc(C#[C-])ccc1C2.[C-]#Cc1ccc2oc3ccc(C#[C-])cc3c2c1.c1ccc([PH+](CC[PH+](c2ccccc2)c2ccccc2)c2ccccc2)cc1.c1ccc([PH+](CC[PH+](c2ccccc2)c2ccccc2)c2ccccc2)cc1. The van der Waals surface area contributed by atoms with E-state index in [0.29, 0.717) is 11.1 Å². The van der Waals surface area contributed by atoms with Gasteiger partial charge in [0.05, 0.1) is 74.1 Å². The molecule has 1 aromatic heterocycles. The summed E-state index contributed by atoms with van der Waals surface area (Å²) >= 11 is 0. The molecular weight excluding hydrogens is 1950 g/mol. The van der Waals surface area contributed by atoms with Crippen molar-refractivity contribution in [2.24, 2.45) is 0 Å². The molecule has 14 rings (SSSR count). The van der Waals surface area contributed by atoms with E-state index in [-0.39, 0.29) is 89.5 Å². The van der Waals surface area contributed by atoms with E-state index < -0.39 is 31.7 Å². The summed E-state index contributed by atoms with van der Waals surface area (Å²) in [6.45, 7) is 0. The summed E-state index contributed by atoms with van der Waals surface area (Å²) in [5, 5.41) is 14.0. The summed E-state index contributed by atoms with van der Waals surface area (Å²) in [5.74, 6) is 9.54. The smallest absolute Gasteiger partial charge is 0.456 e. The Bertz CT molecular complexity index is 4010. The molecule has 1 nitrogen and oxygen atoms in total. The topological polar surface area (TPSA) is 13.1 Å². The Hall–Kier alpha value is -6.64. The van der Waals surface area contributed by atoms with Crippen LogP contribution in [0.15, 0.2) is 320 Å². The zero-order chi connectivity index (χ0) is 61.7. The van der Waals surface area contributed by atoms with Crippen molar-refractivity contribution in [2.75, 3.05) is 24.6 Å². The third kappa shape index (κ3) is 19.8. The van der Waals surface area contributed by atoms with Gasteiger partial charge in [0.2, 0.25) is 0 Å². The monoisotopic (exact) mass is 2010 g/mol. The minimum Gasteiger partial charge on any atom is -0.456 e. The first kappa shape index (κ1) is 74.8. The quantitative estimate of drug-likeness (QED) is 0.0458. The summed E-state index contributed by atoms with van der Waals surface area (Å²) in [6.07, 6.45) is 34.6. The maximum atomic E-state index is 7.18. The van der Waals surface area contributed by atoms with Crippen LogP contribution in [0.2, 0.25) is 0 Å². The van der Waals surface area contributed by atoms with Gasteiger partial charge in [0, 0.05) is 10.8 Å². The van der Waals surface area contributed by atoms with Gasteiger partial charge in [-0.3, -0.25) is 23.7 Å². The zero-order valence-corrected chi connectivity index (χ0v) is 63.8. The van der Waals surface area contributed by atoms with Crippen LogP contribution in [0.25, 0.3) is 33.1 Å². The molecule has 1 aliphatic carbocycles. The van der Waals surface area contributed by atoms with Crippen LogP contribution in [0.1, 0.15) is 33.4 Å². The maximum absolute atomic E-state index is 7.18. The van der Waals surface area contributed by atoms with Gasteiger partial charge in [0.1, 0.15) is 35.8 Å². The number of fused-ring (bicyclic) bond motifs is 6. The first-order valence-electron chi connectivity index (χ1n) is 30.3. The van der Waals surface area contributed by atoms with E-state index in [9.17, 15) is 0 Å². The van der Waals surface area contributed by atoms with Gasteiger partial charge in [-0.05, 0) is 138 Å². The molecule has 0 aliphatic heterocycles. The van der Waals surface area contributed by atoms with Crippen LogP contribution in [0.5, 0.6) is 0 Å². The number of benzene rings is 12. The van der Waals surface area contributed by atoms with Crippen LogP contribution in [-0.2, 0) is 95.9 Å². The molecule has 0 amide bonds. The second-order valence-electron chi connectivity index (χ2n) is 21.8. The molecule has 0 unspecified atom stereocenters. The molecule has 0 saturated heterocycles. The standard InChI is InChI=1S/2C26H24P2.C17H8.C16H6O.4Au/c2*1-5-13-23(14-6-1)27(24-15-7-2-8-16-24)21-22-28(25-17-9-3-10-18-25)26-19-11-4-12-20-26;1-3-12-5-7-14-11-15-8-6-13(4-2)10-17(15)16(14)9-12;1-3-11-5-7-15-13(9-11)14-10-12(4-2)6-8-16(14)17-15;;;;/h2*1-20H,21-22H2;5-10H,11H2;5-10H;;;;/q;;2*-2;4*+1/p+4. The van der Waals surface area contributed by atoms with Crippen molar-refractivity contribution in [1.29, 1.82) is 0 Å². The zero-order valence-electron chi connectivity index (χ0n) is 51.2. The second kappa shape index (κ2) is 38.8. The van der Waals surface area contributed by atoms with Gasteiger partial charge in [-0.1, -0.05) is 158 Å². The molecule has 472 valence electrons. The predicted octanol–water partition coefficient (Wildman–Crippen LogP) is 16.0. The normalized spacial score (nSPS) is 10.5. The Morgan fingerprint density at radius 1 is 0.255 bits per heavy atom. The Balaban J connectivity index is 0.000000179. The average Bonchev–Trinajstić information content (AvgIpc) is 1.64. The van der Waals surface area contributed by atoms with Crippen LogP contribution in [-0.4, -0.2) is 24.6 Å². The molecule has 9 heteroatoms. The van der Waals surface area contributed by atoms with Crippen LogP contribution >= 0.6 is 31.7 Å². The molecule has 1 heterocycles. The van der Waals surface area contributed by atoms with Gasteiger partial charge in [-0.25, -0.2) is 0 Å². The largest absolute Gasteiger partial charge is 1.00 e. The Morgan fingerprint density at radius 3 is 0.670 bits per heavy atom. The molecule has 0 atom stereocenters. The number of hydrogen-bond donors (Lipinski definition) is 0. The molecule has 0 spiro atoms. The summed E-state index contributed by atoms with van der Waals surface area (Å²) in [4.78, 5) is 0. The Morgan fingerprint density at radius 2 is 0.457 bits per heavy atom. The average molecular weight is 2020 g/mol. The van der Waals surface area contributed by atoms with Crippen molar-refractivity contribution in [2.45, 2.75) is 6.42 Å². The second-order valence-corrected chi connectivity index (χ2v) is 32.2. The Kier molecular flexibility index (Phi) is 30.9. The van der Waals surface area contributed by atoms with Crippen molar-refractivity contribution in [3.63, 3.8) is 0 Å². The number of furan rings is 1.